The van der Waals surface area contributed by atoms with Crippen LogP contribution in [0.2, 0.25) is 0 Å². The number of benzene rings is 1. The summed E-state index contributed by atoms with van der Waals surface area (Å²) in [5, 5.41) is 6.70. The molecule has 1 aromatic rings. The van der Waals surface area contributed by atoms with Crippen LogP contribution in [0.4, 0.5) is 4.39 Å². The summed E-state index contributed by atoms with van der Waals surface area (Å²) in [4.78, 5) is 6.61. The average molecular weight is 434 g/mol. The SMILES string of the molecule is CN=C(NCC1CCN(C)C1)NC(C)c1ccc(C)c(F)c1.I. The average Bonchev–Trinajstić information content (AvgIpc) is 2.91. The summed E-state index contributed by atoms with van der Waals surface area (Å²) in [7, 11) is 3.92. The van der Waals surface area contributed by atoms with Crippen LogP contribution in [0, 0.1) is 18.7 Å². The Bertz CT molecular complexity index is 535. The van der Waals surface area contributed by atoms with E-state index in [4.69, 9.17) is 0 Å². The molecule has 0 aromatic heterocycles. The van der Waals surface area contributed by atoms with Gasteiger partial charge in [-0.15, -0.1) is 24.0 Å². The first kappa shape index (κ1) is 20.2. The fourth-order valence-corrected chi connectivity index (χ4v) is 2.80. The fraction of sp³-hybridized carbons (Fsp3) is 0.588. The van der Waals surface area contributed by atoms with Crippen molar-refractivity contribution in [1.29, 1.82) is 0 Å². The largest absolute Gasteiger partial charge is 0.356 e. The second-order valence-electron chi connectivity index (χ2n) is 6.24. The first-order valence-electron chi connectivity index (χ1n) is 7.91. The number of rotatable bonds is 4. The summed E-state index contributed by atoms with van der Waals surface area (Å²) in [6.45, 7) is 7.00. The van der Waals surface area contributed by atoms with Crippen molar-refractivity contribution in [2.24, 2.45) is 10.9 Å². The minimum Gasteiger partial charge on any atom is -0.356 e. The summed E-state index contributed by atoms with van der Waals surface area (Å²) in [5.74, 6) is 1.27. The summed E-state index contributed by atoms with van der Waals surface area (Å²) in [6.07, 6.45) is 1.22. The summed E-state index contributed by atoms with van der Waals surface area (Å²) >= 11 is 0. The molecule has 130 valence electrons. The fourth-order valence-electron chi connectivity index (χ4n) is 2.80. The van der Waals surface area contributed by atoms with Crippen molar-refractivity contribution in [3.8, 4) is 0 Å². The highest BCUT2D eigenvalue weighted by molar-refractivity contribution is 14.0. The van der Waals surface area contributed by atoms with Gasteiger partial charge in [0.2, 0.25) is 0 Å². The zero-order chi connectivity index (χ0) is 16.1. The highest BCUT2D eigenvalue weighted by Gasteiger charge is 2.19. The smallest absolute Gasteiger partial charge is 0.191 e. The molecule has 1 aromatic carbocycles. The van der Waals surface area contributed by atoms with Gasteiger partial charge < -0.3 is 15.5 Å². The van der Waals surface area contributed by atoms with E-state index in [1.807, 2.05) is 19.1 Å². The number of hydrogen-bond donors (Lipinski definition) is 2. The first-order chi connectivity index (χ1) is 10.5. The van der Waals surface area contributed by atoms with Crippen LogP contribution in [0.15, 0.2) is 23.2 Å². The number of nitrogens with one attached hydrogen (secondary N) is 2. The van der Waals surface area contributed by atoms with E-state index in [0.29, 0.717) is 11.5 Å². The molecule has 0 saturated carbocycles. The number of nitrogens with zero attached hydrogens (tertiary/aromatic N) is 2. The van der Waals surface area contributed by atoms with Gasteiger partial charge in [0, 0.05) is 20.1 Å². The Morgan fingerprint density at radius 1 is 1.48 bits per heavy atom. The van der Waals surface area contributed by atoms with E-state index in [1.54, 1.807) is 20.0 Å². The van der Waals surface area contributed by atoms with E-state index in [0.717, 1.165) is 31.2 Å². The third kappa shape index (κ3) is 5.91. The van der Waals surface area contributed by atoms with E-state index in [9.17, 15) is 4.39 Å². The van der Waals surface area contributed by atoms with E-state index in [1.165, 1.54) is 6.42 Å². The van der Waals surface area contributed by atoms with Gasteiger partial charge >= 0.3 is 0 Å². The van der Waals surface area contributed by atoms with Crippen LogP contribution in [0.3, 0.4) is 0 Å². The number of aliphatic imine (C=N–C) groups is 1. The molecule has 4 nitrogen and oxygen atoms in total. The third-order valence-corrected chi connectivity index (χ3v) is 4.32. The van der Waals surface area contributed by atoms with Gasteiger partial charge in [0.25, 0.3) is 0 Å². The molecule has 1 saturated heterocycles. The van der Waals surface area contributed by atoms with Crippen molar-refractivity contribution in [3.63, 3.8) is 0 Å². The quantitative estimate of drug-likeness (QED) is 0.435. The lowest BCUT2D eigenvalue weighted by Gasteiger charge is -2.20. The van der Waals surface area contributed by atoms with E-state index in [2.05, 4.69) is 27.6 Å². The molecule has 2 unspecified atom stereocenters. The molecule has 0 bridgehead atoms. The van der Waals surface area contributed by atoms with Crippen LogP contribution >= 0.6 is 24.0 Å². The Morgan fingerprint density at radius 3 is 2.78 bits per heavy atom. The van der Waals surface area contributed by atoms with E-state index in [-0.39, 0.29) is 35.8 Å². The van der Waals surface area contributed by atoms with Crippen LogP contribution in [0.25, 0.3) is 0 Å². The lowest BCUT2D eigenvalue weighted by atomic mass is 10.1. The molecular formula is C17H28FIN4. The van der Waals surface area contributed by atoms with Gasteiger partial charge in [0.15, 0.2) is 5.96 Å². The summed E-state index contributed by atoms with van der Waals surface area (Å²) in [6, 6.07) is 5.36. The molecule has 2 N–H and O–H groups in total. The van der Waals surface area contributed by atoms with Gasteiger partial charge in [-0.3, -0.25) is 4.99 Å². The zero-order valence-corrected chi connectivity index (χ0v) is 16.7. The minimum atomic E-state index is -0.164. The van der Waals surface area contributed by atoms with Gasteiger partial charge in [0.05, 0.1) is 6.04 Å². The molecule has 23 heavy (non-hydrogen) atoms. The van der Waals surface area contributed by atoms with Crippen molar-refractivity contribution < 1.29 is 4.39 Å². The predicted molar refractivity (Wildman–Crippen MR) is 105 cm³/mol. The standard InChI is InChI=1S/C17H27FN4.HI/c1-12-5-6-15(9-16(12)18)13(2)21-17(19-3)20-10-14-7-8-22(4)11-14;/h5-6,9,13-14H,7-8,10-11H2,1-4H3,(H2,19,20,21);1H. The Balaban J connectivity index is 0.00000264. The zero-order valence-electron chi connectivity index (χ0n) is 14.4. The second kappa shape index (κ2) is 9.42. The highest BCUT2D eigenvalue weighted by Crippen LogP contribution is 2.16. The molecule has 0 amide bonds. The van der Waals surface area contributed by atoms with Crippen LogP contribution in [0.1, 0.15) is 30.5 Å². The molecule has 1 aliphatic heterocycles. The normalized spacial score (nSPS) is 20.0. The predicted octanol–water partition coefficient (Wildman–Crippen LogP) is 2.93. The first-order valence-corrected chi connectivity index (χ1v) is 7.91. The second-order valence-corrected chi connectivity index (χ2v) is 6.24. The molecule has 2 rings (SSSR count). The molecule has 0 aliphatic carbocycles. The molecule has 1 aliphatic rings. The van der Waals surface area contributed by atoms with Crippen molar-refractivity contribution in [2.75, 3.05) is 33.7 Å². The Hall–Kier alpha value is -0.890. The van der Waals surface area contributed by atoms with E-state index >= 15 is 0 Å². The molecule has 1 fully saturated rings. The molecule has 1 heterocycles. The Morgan fingerprint density at radius 2 is 2.22 bits per heavy atom. The number of likely N-dealkylation sites (tertiary alicyclic amines) is 1. The van der Waals surface area contributed by atoms with Crippen LogP contribution < -0.4 is 10.6 Å². The topological polar surface area (TPSA) is 39.7 Å². The lowest BCUT2D eigenvalue weighted by Crippen LogP contribution is -2.41. The van der Waals surface area contributed by atoms with E-state index < -0.39 is 0 Å². The highest BCUT2D eigenvalue weighted by atomic mass is 127. The van der Waals surface area contributed by atoms with Gasteiger partial charge in [0.1, 0.15) is 5.82 Å². The number of guanidine groups is 1. The van der Waals surface area contributed by atoms with Gasteiger partial charge in [-0.2, -0.15) is 0 Å². The monoisotopic (exact) mass is 434 g/mol. The maximum absolute atomic E-state index is 13.7. The van der Waals surface area contributed by atoms with Crippen molar-refractivity contribution >= 4 is 29.9 Å². The molecule has 6 heteroatoms. The van der Waals surface area contributed by atoms with Crippen molar-refractivity contribution in [3.05, 3.63) is 35.1 Å². The maximum Gasteiger partial charge on any atom is 0.191 e. The van der Waals surface area contributed by atoms with Crippen LogP contribution in [-0.2, 0) is 0 Å². The third-order valence-electron chi connectivity index (χ3n) is 4.32. The molecule has 0 spiro atoms. The molecule has 0 radical (unpaired) electrons. The molecule has 2 atom stereocenters. The number of hydrogen-bond acceptors (Lipinski definition) is 2. The lowest BCUT2D eigenvalue weighted by molar-refractivity contribution is 0.393. The summed E-state index contributed by atoms with van der Waals surface area (Å²) in [5.41, 5.74) is 1.59. The van der Waals surface area contributed by atoms with Gasteiger partial charge in [-0.05, 0) is 57.0 Å². The minimum absolute atomic E-state index is 0. The van der Waals surface area contributed by atoms with Gasteiger partial charge in [-0.1, -0.05) is 12.1 Å². The number of halogens is 2. The van der Waals surface area contributed by atoms with Gasteiger partial charge in [-0.25, -0.2) is 4.39 Å². The maximum atomic E-state index is 13.7. The van der Waals surface area contributed by atoms with Crippen molar-refractivity contribution in [1.82, 2.24) is 15.5 Å². The van der Waals surface area contributed by atoms with Crippen LogP contribution in [0.5, 0.6) is 0 Å². The number of aryl methyl sites for hydroxylation is 1. The van der Waals surface area contributed by atoms with Crippen LogP contribution in [-0.4, -0.2) is 44.6 Å². The summed E-state index contributed by atoms with van der Waals surface area (Å²) < 4.78 is 13.7. The Kier molecular flexibility index (Phi) is 8.25. The Labute approximate surface area is 156 Å². The molecular weight excluding hydrogens is 406 g/mol. The van der Waals surface area contributed by atoms with Crippen molar-refractivity contribution in [2.45, 2.75) is 26.3 Å².